The Kier molecular flexibility index (Phi) is 2.84. The van der Waals surface area contributed by atoms with Crippen LogP contribution in [0.2, 0.25) is 0 Å². The van der Waals surface area contributed by atoms with E-state index in [4.69, 9.17) is 0 Å². The van der Waals surface area contributed by atoms with Crippen LogP contribution in [0.15, 0.2) is 46.0 Å². The molecule has 0 saturated carbocycles. The van der Waals surface area contributed by atoms with Crippen LogP contribution in [0.3, 0.4) is 0 Å². The minimum Gasteiger partial charge on any atom is -0.0842 e. The first-order valence-electron chi connectivity index (χ1n) is 4.77. The van der Waals surface area contributed by atoms with Crippen LogP contribution in [0.5, 0.6) is 0 Å². The van der Waals surface area contributed by atoms with Crippen molar-refractivity contribution >= 4 is 15.9 Å². The molecule has 2 aliphatic rings. The van der Waals surface area contributed by atoms with Crippen LogP contribution in [0.25, 0.3) is 0 Å². The van der Waals surface area contributed by atoms with Gasteiger partial charge >= 0.3 is 0 Å². The summed E-state index contributed by atoms with van der Waals surface area (Å²) in [7, 11) is 0. The van der Waals surface area contributed by atoms with Crippen molar-refractivity contribution < 1.29 is 0 Å². The van der Waals surface area contributed by atoms with Gasteiger partial charge in [0.15, 0.2) is 0 Å². The predicted octanol–water partition coefficient (Wildman–Crippen LogP) is 4.26. The van der Waals surface area contributed by atoms with Crippen LogP contribution < -0.4 is 0 Å². The van der Waals surface area contributed by atoms with Crippen molar-refractivity contribution in [1.29, 1.82) is 0 Å². The molecule has 0 atom stereocenters. The van der Waals surface area contributed by atoms with Gasteiger partial charge in [0.2, 0.25) is 0 Å². The molecular weight excluding hydrogens is 224 g/mol. The highest BCUT2D eigenvalue weighted by atomic mass is 79.9. The van der Waals surface area contributed by atoms with E-state index in [0.717, 1.165) is 6.42 Å². The average Bonchev–Trinajstić information content (AvgIpc) is 2.20. The van der Waals surface area contributed by atoms with Crippen LogP contribution in [0, 0.1) is 0 Å². The van der Waals surface area contributed by atoms with E-state index in [1.807, 2.05) is 0 Å². The molecule has 0 unspecified atom stereocenters. The Morgan fingerprint density at radius 3 is 2.38 bits per heavy atom. The first-order valence-corrected chi connectivity index (χ1v) is 5.57. The van der Waals surface area contributed by atoms with Crippen molar-refractivity contribution in [2.24, 2.45) is 0 Å². The van der Waals surface area contributed by atoms with Gasteiger partial charge in [0.1, 0.15) is 0 Å². The van der Waals surface area contributed by atoms with E-state index in [1.165, 1.54) is 34.9 Å². The first kappa shape index (κ1) is 9.01. The molecule has 0 fully saturated rings. The Balaban J connectivity index is 2.17. The summed E-state index contributed by atoms with van der Waals surface area (Å²) in [5, 5.41) is 0. The van der Waals surface area contributed by atoms with Crippen LogP contribution in [0.4, 0.5) is 0 Å². The molecule has 0 radical (unpaired) electrons. The van der Waals surface area contributed by atoms with Gasteiger partial charge in [-0.25, -0.2) is 0 Å². The van der Waals surface area contributed by atoms with Gasteiger partial charge in [-0.1, -0.05) is 46.3 Å². The molecule has 2 aliphatic carbocycles. The summed E-state index contributed by atoms with van der Waals surface area (Å²) in [5.74, 6) is 0. The predicted molar refractivity (Wildman–Crippen MR) is 60.8 cm³/mol. The SMILES string of the molecule is BrC1=CC=C(C2=CC=CCC2)CC1. The summed E-state index contributed by atoms with van der Waals surface area (Å²) in [5.41, 5.74) is 3.05. The summed E-state index contributed by atoms with van der Waals surface area (Å²) in [6.45, 7) is 0. The fraction of sp³-hybridized carbons (Fsp3) is 0.333. The standard InChI is InChI=1S/C12H13Br/c13-12-8-6-11(7-9-12)10-4-2-1-3-5-10/h1-2,4,6,8H,3,5,7,9H2. The number of halogens is 1. The van der Waals surface area contributed by atoms with E-state index >= 15 is 0 Å². The molecule has 0 nitrogen and oxygen atoms in total. The third-order valence-electron chi connectivity index (χ3n) is 2.52. The van der Waals surface area contributed by atoms with Crippen LogP contribution >= 0.6 is 15.9 Å². The quantitative estimate of drug-likeness (QED) is 0.639. The first-order chi connectivity index (χ1) is 6.36. The van der Waals surface area contributed by atoms with Crippen molar-refractivity contribution in [2.75, 3.05) is 0 Å². The zero-order valence-corrected chi connectivity index (χ0v) is 9.18. The van der Waals surface area contributed by atoms with Gasteiger partial charge in [0.25, 0.3) is 0 Å². The molecule has 0 heterocycles. The van der Waals surface area contributed by atoms with Crippen LogP contribution in [-0.4, -0.2) is 0 Å². The van der Waals surface area contributed by atoms with E-state index in [9.17, 15) is 0 Å². The molecule has 0 bridgehead atoms. The number of hydrogen-bond donors (Lipinski definition) is 0. The Bertz CT molecular complexity index is 316. The molecule has 1 heteroatoms. The molecule has 0 amide bonds. The normalized spacial score (nSPS) is 22.1. The molecule has 0 N–H and O–H groups in total. The smallest absolute Gasteiger partial charge is 0.00460 e. The van der Waals surface area contributed by atoms with E-state index in [1.54, 1.807) is 0 Å². The highest BCUT2D eigenvalue weighted by Crippen LogP contribution is 2.30. The largest absolute Gasteiger partial charge is 0.0842 e. The van der Waals surface area contributed by atoms with Gasteiger partial charge in [0.05, 0.1) is 0 Å². The Hall–Kier alpha value is -0.560. The van der Waals surface area contributed by atoms with Crippen LogP contribution in [0.1, 0.15) is 25.7 Å². The lowest BCUT2D eigenvalue weighted by Gasteiger charge is -2.15. The van der Waals surface area contributed by atoms with Crippen molar-refractivity contribution in [3.63, 3.8) is 0 Å². The average molecular weight is 237 g/mol. The highest BCUT2D eigenvalue weighted by Gasteiger charge is 2.09. The maximum Gasteiger partial charge on any atom is -0.00460 e. The molecule has 0 saturated heterocycles. The number of hydrogen-bond acceptors (Lipinski definition) is 0. The van der Waals surface area contributed by atoms with E-state index in [2.05, 4.69) is 46.3 Å². The minimum absolute atomic E-state index is 1.16. The van der Waals surface area contributed by atoms with E-state index < -0.39 is 0 Å². The number of rotatable bonds is 1. The summed E-state index contributed by atoms with van der Waals surface area (Å²) in [4.78, 5) is 0. The molecule has 0 aromatic heterocycles. The summed E-state index contributed by atoms with van der Waals surface area (Å²) >= 11 is 3.52. The van der Waals surface area contributed by atoms with Gasteiger partial charge in [-0.15, -0.1) is 0 Å². The Morgan fingerprint density at radius 2 is 1.77 bits per heavy atom. The molecule has 68 valence electrons. The molecule has 0 aromatic rings. The Labute approximate surface area is 87.9 Å². The van der Waals surface area contributed by atoms with Crippen LogP contribution in [-0.2, 0) is 0 Å². The van der Waals surface area contributed by atoms with Gasteiger partial charge in [-0.05, 0) is 41.3 Å². The highest BCUT2D eigenvalue weighted by molar-refractivity contribution is 9.11. The second-order valence-electron chi connectivity index (χ2n) is 3.46. The molecule has 0 aromatic carbocycles. The van der Waals surface area contributed by atoms with Gasteiger partial charge in [-0.3, -0.25) is 0 Å². The molecular formula is C12H13Br. The molecule has 0 aliphatic heterocycles. The van der Waals surface area contributed by atoms with E-state index in [0.29, 0.717) is 0 Å². The maximum absolute atomic E-state index is 3.52. The van der Waals surface area contributed by atoms with Crippen molar-refractivity contribution in [3.8, 4) is 0 Å². The summed E-state index contributed by atoms with van der Waals surface area (Å²) in [6, 6.07) is 0. The fourth-order valence-corrected chi connectivity index (χ4v) is 2.08. The summed E-state index contributed by atoms with van der Waals surface area (Å²) < 4.78 is 1.32. The molecule has 0 spiro atoms. The Morgan fingerprint density at radius 1 is 0.923 bits per heavy atom. The zero-order valence-electron chi connectivity index (χ0n) is 7.59. The lowest BCUT2D eigenvalue weighted by atomic mass is 9.92. The van der Waals surface area contributed by atoms with Crippen molar-refractivity contribution in [2.45, 2.75) is 25.7 Å². The summed E-state index contributed by atoms with van der Waals surface area (Å²) in [6.07, 6.45) is 15.9. The maximum atomic E-state index is 3.52. The topological polar surface area (TPSA) is 0 Å². The third-order valence-corrected chi connectivity index (χ3v) is 3.19. The fourth-order valence-electron chi connectivity index (χ4n) is 1.75. The van der Waals surface area contributed by atoms with Gasteiger partial charge in [0, 0.05) is 0 Å². The second kappa shape index (κ2) is 4.10. The molecule has 13 heavy (non-hydrogen) atoms. The lowest BCUT2D eigenvalue weighted by molar-refractivity contribution is 0.894. The monoisotopic (exact) mass is 236 g/mol. The lowest BCUT2D eigenvalue weighted by Crippen LogP contribution is -1.96. The molecule has 2 rings (SSSR count). The minimum atomic E-state index is 1.16. The number of allylic oxidation sites excluding steroid dienone is 8. The van der Waals surface area contributed by atoms with Crippen molar-refractivity contribution in [3.05, 3.63) is 46.0 Å². The van der Waals surface area contributed by atoms with Gasteiger partial charge in [-0.2, -0.15) is 0 Å². The second-order valence-corrected chi connectivity index (χ2v) is 4.48. The van der Waals surface area contributed by atoms with Gasteiger partial charge < -0.3 is 0 Å². The van der Waals surface area contributed by atoms with Crippen molar-refractivity contribution in [1.82, 2.24) is 0 Å². The zero-order chi connectivity index (χ0) is 9.10. The third kappa shape index (κ3) is 2.22. The van der Waals surface area contributed by atoms with E-state index in [-0.39, 0.29) is 0 Å².